The molecule has 0 radical (unpaired) electrons. The quantitative estimate of drug-likeness (QED) is 0.790. The molecule has 102 valence electrons. The first-order valence-corrected chi connectivity index (χ1v) is 7.56. The fourth-order valence-corrected chi connectivity index (χ4v) is 3.05. The first kappa shape index (κ1) is 13.2. The van der Waals surface area contributed by atoms with Gasteiger partial charge in [-0.2, -0.15) is 0 Å². The van der Waals surface area contributed by atoms with Gasteiger partial charge in [-0.15, -0.1) is 21.5 Å². The normalized spacial score (nSPS) is 12.7. The van der Waals surface area contributed by atoms with Gasteiger partial charge in [-0.25, -0.2) is 0 Å². The molecule has 3 nitrogen and oxygen atoms in total. The molecule has 0 saturated heterocycles. The van der Waals surface area contributed by atoms with E-state index >= 15 is 0 Å². The first-order chi connectivity index (χ1) is 9.74. The number of benzene rings is 2. The molecule has 0 fully saturated rings. The van der Waals surface area contributed by atoms with E-state index in [1.807, 2.05) is 6.92 Å². The van der Waals surface area contributed by atoms with Gasteiger partial charge < -0.3 is 5.32 Å². The van der Waals surface area contributed by atoms with E-state index in [1.54, 1.807) is 11.3 Å². The largest absolute Gasteiger partial charge is 0.304 e. The van der Waals surface area contributed by atoms with Gasteiger partial charge in [0.2, 0.25) is 0 Å². The fraction of sp³-hybridized carbons (Fsp3) is 0.250. The van der Waals surface area contributed by atoms with E-state index in [1.165, 1.54) is 16.3 Å². The predicted molar refractivity (Wildman–Crippen MR) is 83.8 cm³/mol. The predicted octanol–water partition coefficient (Wildman–Crippen LogP) is 3.85. The van der Waals surface area contributed by atoms with Gasteiger partial charge in [-0.05, 0) is 30.2 Å². The van der Waals surface area contributed by atoms with Crippen molar-refractivity contribution in [3.63, 3.8) is 0 Å². The molecule has 0 aliphatic rings. The summed E-state index contributed by atoms with van der Waals surface area (Å²) in [5.74, 6) is 0. The molecule has 1 heterocycles. The molecule has 0 bridgehead atoms. The van der Waals surface area contributed by atoms with Crippen molar-refractivity contribution < 1.29 is 0 Å². The van der Waals surface area contributed by atoms with Crippen LogP contribution in [0.1, 0.15) is 28.5 Å². The lowest BCUT2D eigenvalue weighted by Crippen LogP contribution is -2.18. The lowest BCUT2D eigenvalue weighted by atomic mass is 10.00. The molecule has 0 aliphatic carbocycles. The van der Waals surface area contributed by atoms with Crippen molar-refractivity contribution in [1.82, 2.24) is 15.5 Å². The van der Waals surface area contributed by atoms with Crippen molar-refractivity contribution in [3.05, 3.63) is 58.0 Å². The highest BCUT2D eigenvalue weighted by atomic mass is 32.1. The van der Waals surface area contributed by atoms with Crippen molar-refractivity contribution in [3.8, 4) is 0 Å². The van der Waals surface area contributed by atoms with E-state index < -0.39 is 0 Å². The third kappa shape index (κ3) is 2.71. The minimum Gasteiger partial charge on any atom is -0.304 e. The van der Waals surface area contributed by atoms with Crippen LogP contribution < -0.4 is 5.32 Å². The summed E-state index contributed by atoms with van der Waals surface area (Å²) < 4.78 is 0. The summed E-state index contributed by atoms with van der Waals surface area (Å²) in [4.78, 5) is 0. The summed E-state index contributed by atoms with van der Waals surface area (Å²) in [6, 6.07) is 15.2. The lowest BCUT2D eigenvalue weighted by Gasteiger charge is -2.15. The zero-order valence-corrected chi connectivity index (χ0v) is 12.4. The number of hydrogen-bond donors (Lipinski definition) is 1. The van der Waals surface area contributed by atoms with Crippen LogP contribution in [0.15, 0.2) is 42.5 Å². The number of nitrogens with one attached hydrogen (secondary N) is 1. The minimum absolute atomic E-state index is 0.283. The maximum Gasteiger partial charge on any atom is 0.131 e. The monoisotopic (exact) mass is 283 g/mol. The molecule has 0 saturated carbocycles. The summed E-state index contributed by atoms with van der Waals surface area (Å²) in [5.41, 5.74) is 1.32. The third-order valence-corrected chi connectivity index (χ3v) is 4.26. The second-order valence-electron chi connectivity index (χ2n) is 4.89. The molecule has 0 aliphatic heterocycles. The highest BCUT2D eigenvalue weighted by Gasteiger charge is 2.09. The second kappa shape index (κ2) is 5.69. The molecule has 3 rings (SSSR count). The molecule has 1 N–H and O–H groups in total. The summed E-state index contributed by atoms with van der Waals surface area (Å²) in [6.07, 6.45) is 0. The highest BCUT2D eigenvalue weighted by Crippen LogP contribution is 2.24. The van der Waals surface area contributed by atoms with Crippen LogP contribution in [0, 0.1) is 6.92 Å². The van der Waals surface area contributed by atoms with E-state index in [0.717, 1.165) is 16.6 Å². The number of rotatable bonds is 4. The van der Waals surface area contributed by atoms with E-state index in [9.17, 15) is 0 Å². The van der Waals surface area contributed by atoms with Crippen molar-refractivity contribution in [1.29, 1.82) is 0 Å². The maximum atomic E-state index is 4.15. The lowest BCUT2D eigenvalue weighted by molar-refractivity contribution is 0.574. The molecule has 4 heteroatoms. The van der Waals surface area contributed by atoms with Crippen LogP contribution in [-0.4, -0.2) is 10.2 Å². The Labute approximate surface area is 122 Å². The SMILES string of the molecule is Cc1nnc(CN[C@@H](C)c2cccc3ccccc23)s1. The molecular weight excluding hydrogens is 266 g/mol. The van der Waals surface area contributed by atoms with Gasteiger partial charge in [-0.3, -0.25) is 0 Å². The Morgan fingerprint density at radius 3 is 2.70 bits per heavy atom. The topological polar surface area (TPSA) is 37.8 Å². The van der Waals surface area contributed by atoms with Crippen molar-refractivity contribution in [2.24, 2.45) is 0 Å². The molecule has 2 aromatic carbocycles. The number of aromatic nitrogens is 2. The third-order valence-electron chi connectivity index (χ3n) is 3.42. The number of fused-ring (bicyclic) bond motifs is 1. The van der Waals surface area contributed by atoms with Gasteiger partial charge in [0.25, 0.3) is 0 Å². The van der Waals surface area contributed by atoms with Crippen LogP contribution in [0.5, 0.6) is 0 Å². The number of hydrogen-bond acceptors (Lipinski definition) is 4. The summed E-state index contributed by atoms with van der Waals surface area (Å²) >= 11 is 1.64. The highest BCUT2D eigenvalue weighted by molar-refractivity contribution is 7.11. The molecule has 1 atom stereocenters. The second-order valence-corrected chi connectivity index (χ2v) is 6.15. The van der Waals surface area contributed by atoms with E-state index in [4.69, 9.17) is 0 Å². The van der Waals surface area contributed by atoms with Crippen molar-refractivity contribution in [2.45, 2.75) is 26.4 Å². The maximum absolute atomic E-state index is 4.15. The van der Waals surface area contributed by atoms with E-state index in [2.05, 4.69) is 64.9 Å². The van der Waals surface area contributed by atoms with Gasteiger partial charge in [-0.1, -0.05) is 42.5 Å². The number of nitrogens with zero attached hydrogens (tertiary/aromatic N) is 2. The Bertz CT molecular complexity index is 715. The standard InChI is InChI=1S/C16H17N3S/c1-11(17-10-16-19-18-12(2)20-16)14-9-5-7-13-6-3-4-8-15(13)14/h3-9,11,17H,10H2,1-2H3/t11-/m0/s1. The molecule has 3 aromatic rings. The minimum atomic E-state index is 0.283. The Hall–Kier alpha value is -1.78. The van der Waals surface area contributed by atoms with Gasteiger partial charge in [0.05, 0.1) is 6.54 Å². The van der Waals surface area contributed by atoms with Crippen LogP contribution in [0.4, 0.5) is 0 Å². The summed E-state index contributed by atoms with van der Waals surface area (Å²) in [6.45, 7) is 4.93. The molecular formula is C16H17N3S. The van der Waals surface area contributed by atoms with Gasteiger partial charge >= 0.3 is 0 Å². The van der Waals surface area contributed by atoms with Crippen LogP contribution >= 0.6 is 11.3 Å². The van der Waals surface area contributed by atoms with Gasteiger partial charge in [0.1, 0.15) is 10.0 Å². The summed E-state index contributed by atoms with van der Waals surface area (Å²) in [7, 11) is 0. The Morgan fingerprint density at radius 1 is 1.10 bits per heavy atom. The van der Waals surface area contributed by atoms with E-state index in [0.29, 0.717) is 0 Å². The zero-order valence-electron chi connectivity index (χ0n) is 11.6. The Morgan fingerprint density at radius 2 is 1.90 bits per heavy atom. The average molecular weight is 283 g/mol. The zero-order chi connectivity index (χ0) is 13.9. The van der Waals surface area contributed by atoms with Crippen LogP contribution in [0.25, 0.3) is 10.8 Å². The first-order valence-electron chi connectivity index (χ1n) is 6.74. The van der Waals surface area contributed by atoms with Crippen molar-refractivity contribution >= 4 is 22.1 Å². The van der Waals surface area contributed by atoms with Gasteiger partial charge in [0.15, 0.2) is 0 Å². The molecule has 0 spiro atoms. The van der Waals surface area contributed by atoms with Crippen molar-refractivity contribution in [2.75, 3.05) is 0 Å². The molecule has 20 heavy (non-hydrogen) atoms. The summed E-state index contributed by atoms with van der Waals surface area (Å²) in [5, 5.41) is 16.4. The Kier molecular flexibility index (Phi) is 3.76. The van der Waals surface area contributed by atoms with E-state index in [-0.39, 0.29) is 6.04 Å². The number of aryl methyl sites for hydroxylation is 1. The molecule has 0 amide bonds. The fourth-order valence-electron chi connectivity index (χ4n) is 2.39. The molecule has 0 unspecified atom stereocenters. The van der Waals surface area contributed by atoms with Gasteiger partial charge in [0, 0.05) is 6.04 Å². The smallest absolute Gasteiger partial charge is 0.131 e. The van der Waals surface area contributed by atoms with Crippen LogP contribution in [0.3, 0.4) is 0 Å². The molecule has 1 aromatic heterocycles. The Balaban J connectivity index is 1.80. The van der Waals surface area contributed by atoms with Crippen LogP contribution in [0.2, 0.25) is 0 Å². The van der Waals surface area contributed by atoms with Crippen LogP contribution in [-0.2, 0) is 6.54 Å². The average Bonchev–Trinajstić information content (AvgIpc) is 2.90.